The third-order valence-electron chi connectivity index (χ3n) is 4.05. The van der Waals surface area contributed by atoms with Gasteiger partial charge in [-0.1, -0.05) is 0 Å². The lowest BCUT2D eigenvalue weighted by molar-refractivity contribution is 0.0685. The van der Waals surface area contributed by atoms with E-state index >= 15 is 0 Å². The summed E-state index contributed by atoms with van der Waals surface area (Å²) in [6.45, 7) is 1.80. The van der Waals surface area contributed by atoms with E-state index in [-0.39, 0.29) is 29.5 Å². The molecule has 2 heterocycles. The van der Waals surface area contributed by atoms with Crippen LogP contribution in [-0.2, 0) is 9.84 Å². The van der Waals surface area contributed by atoms with E-state index < -0.39 is 9.84 Å². The molecule has 0 radical (unpaired) electrons. The van der Waals surface area contributed by atoms with Crippen molar-refractivity contribution in [2.75, 3.05) is 11.5 Å². The van der Waals surface area contributed by atoms with Gasteiger partial charge in [-0.05, 0) is 37.8 Å². The number of amides is 1. The molecule has 7 heteroatoms. The van der Waals surface area contributed by atoms with Gasteiger partial charge in [0.1, 0.15) is 0 Å². The van der Waals surface area contributed by atoms with Crippen molar-refractivity contribution in [2.45, 2.75) is 38.3 Å². The lowest BCUT2D eigenvalue weighted by atomic mass is 10.2. The van der Waals surface area contributed by atoms with Crippen LogP contribution in [0.4, 0.5) is 0 Å². The Morgan fingerprint density at radius 3 is 2.52 bits per heavy atom. The quantitative estimate of drug-likeness (QED) is 0.789. The Bertz CT molecular complexity index is 688. The standard InChI is InChI=1S/C14H17NO4S2/c1-9-6-12(20-13(9)7-16)14(17)15(10-2-3-10)11-4-5-21(18,19)8-11/h6-7,10-11H,2-5,8H2,1H3/t11-/m1/s1. The maximum Gasteiger partial charge on any atom is 0.264 e. The van der Waals surface area contributed by atoms with Crippen molar-refractivity contribution in [3.8, 4) is 0 Å². The van der Waals surface area contributed by atoms with Gasteiger partial charge in [0.2, 0.25) is 0 Å². The third-order valence-corrected chi connectivity index (χ3v) is 6.95. The van der Waals surface area contributed by atoms with Crippen molar-refractivity contribution in [2.24, 2.45) is 0 Å². The highest BCUT2D eigenvalue weighted by atomic mass is 32.2. The predicted octanol–water partition coefficient (Wildman–Crippen LogP) is 1.66. The molecular formula is C14H17NO4S2. The second-order valence-corrected chi connectivity index (χ2v) is 9.09. The maximum absolute atomic E-state index is 12.7. The number of carbonyl (C=O) groups is 2. The van der Waals surface area contributed by atoms with Crippen molar-refractivity contribution >= 4 is 33.4 Å². The second-order valence-electron chi connectivity index (χ2n) is 5.78. The Balaban J connectivity index is 1.87. The van der Waals surface area contributed by atoms with E-state index in [1.807, 2.05) is 0 Å². The van der Waals surface area contributed by atoms with Gasteiger partial charge in [-0.3, -0.25) is 9.59 Å². The molecule has 1 aliphatic carbocycles. The van der Waals surface area contributed by atoms with Crippen LogP contribution in [0.25, 0.3) is 0 Å². The van der Waals surface area contributed by atoms with Crippen LogP contribution in [0, 0.1) is 6.92 Å². The summed E-state index contributed by atoms with van der Waals surface area (Å²) in [6.07, 6.45) is 3.16. The van der Waals surface area contributed by atoms with Gasteiger partial charge in [-0.2, -0.15) is 0 Å². The fourth-order valence-corrected chi connectivity index (χ4v) is 5.47. The first-order valence-corrected chi connectivity index (χ1v) is 9.64. The zero-order valence-corrected chi connectivity index (χ0v) is 13.4. The van der Waals surface area contributed by atoms with E-state index in [0.717, 1.165) is 24.7 Å². The molecule has 2 fully saturated rings. The van der Waals surface area contributed by atoms with Crippen LogP contribution in [0.3, 0.4) is 0 Å². The Labute approximate surface area is 127 Å². The van der Waals surface area contributed by atoms with Crippen molar-refractivity contribution < 1.29 is 18.0 Å². The number of sulfone groups is 1. The summed E-state index contributed by atoms with van der Waals surface area (Å²) in [5.74, 6) is 0.109. The molecule has 1 aromatic rings. The molecule has 0 N–H and O–H groups in total. The minimum atomic E-state index is -3.02. The van der Waals surface area contributed by atoms with Gasteiger partial charge < -0.3 is 4.90 Å². The summed E-state index contributed by atoms with van der Waals surface area (Å²) < 4.78 is 23.3. The first-order chi connectivity index (χ1) is 9.91. The average Bonchev–Trinajstić information content (AvgIpc) is 3.08. The highest BCUT2D eigenvalue weighted by Gasteiger charge is 2.42. The second kappa shape index (κ2) is 5.21. The van der Waals surface area contributed by atoms with Crippen LogP contribution in [0.2, 0.25) is 0 Å². The summed E-state index contributed by atoms with van der Waals surface area (Å²) >= 11 is 1.19. The van der Waals surface area contributed by atoms with Crippen LogP contribution in [0.5, 0.6) is 0 Å². The number of aldehydes is 1. The Morgan fingerprint density at radius 1 is 1.33 bits per heavy atom. The number of aryl methyl sites for hydroxylation is 1. The summed E-state index contributed by atoms with van der Waals surface area (Å²) in [7, 11) is -3.02. The van der Waals surface area contributed by atoms with Gasteiger partial charge in [0, 0.05) is 12.1 Å². The van der Waals surface area contributed by atoms with E-state index in [1.54, 1.807) is 17.9 Å². The van der Waals surface area contributed by atoms with Gasteiger partial charge in [0.15, 0.2) is 16.1 Å². The van der Waals surface area contributed by atoms with Crippen molar-refractivity contribution in [3.63, 3.8) is 0 Å². The van der Waals surface area contributed by atoms with Crippen molar-refractivity contribution in [1.29, 1.82) is 0 Å². The average molecular weight is 327 g/mol. The molecule has 1 aliphatic heterocycles. The lowest BCUT2D eigenvalue weighted by Crippen LogP contribution is -2.42. The van der Waals surface area contributed by atoms with E-state index in [4.69, 9.17) is 0 Å². The topological polar surface area (TPSA) is 71.5 Å². The van der Waals surface area contributed by atoms with Gasteiger partial charge in [0.25, 0.3) is 5.91 Å². The van der Waals surface area contributed by atoms with Crippen molar-refractivity contribution in [3.05, 3.63) is 21.4 Å². The number of hydrogen-bond donors (Lipinski definition) is 0. The third kappa shape index (κ3) is 2.89. The van der Waals surface area contributed by atoms with Gasteiger partial charge in [-0.25, -0.2) is 8.42 Å². The fraction of sp³-hybridized carbons (Fsp3) is 0.571. The molecule has 1 atom stereocenters. The van der Waals surface area contributed by atoms with Crippen LogP contribution in [0.1, 0.15) is 44.2 Å². The molecule has 1 aromatic heterocycles. The molecule has 1 saturated heterocycles. The Hall–Kier alpha value is -1.21. The molecule has 0 spiro atoms. The summed E-state index contributed by atoms with van der Waals surface area (Å²) in [4.78, 5) is 26.5. The molecule has 0 unspecified atom stereocenters. The SMILES string of the molecule is Cc1cc(C(=O)N(C2CC2)[C@@H]2CCS(=O)(=O)C2)sc1C=O. The molecule has 5 nitrogen and oxygen atoms in total. The Kier molecular flexibility index (Phi) is 3.65. The largest absolute Gasteiger partial charge is 0.331 e. The molecule has 3 rings (SSSR count). The normalized spacial score (nSPS) is 24.0. The molecular weight excluding hydrogens is 310 g/mol. The summed E-state index contributed by atoms with van der Waals surface area (Å²) in [5.41, 5.74) is 0.799. The summed E-state index contributed by atoms with van der Waals surface area (Å²) in [6, 6.07) is 1.69. The van der Waals surface area contributed by atoms with Crippen molar-refractivity contribution in [1.82, 2.24) is 4.90 Å². The maximum atomic E-state index is 12.7. The zero-order valence-electron chi connectivity index (χ0n) is 11.7. The molecule has 114 valence electrons. The monoisotopic (exact) mass is 327 g/mol. The number of nitrogens with zero attached hydrogens (tertiary/aromatic N) is 1. The number of carbonyl (C=O) groups excluding carboxylic acids is 2. The Morgan fingerprint density at radius 2 is 2.05 bits per heavy atom. The zero-order chi connectivity index (χ0) is 15.2. The number of rotatable bonds is 4. The minimum absolute atomic E-state index is 0.0696. The van der Waals surface area contributed by atoms with E-state index in [9.17, 15) is 18.0 Å². The van der Waals surface area contributed by atoms with E-state index in [2.05, 4.69) is 0 Å². The van der Waals surface area contributed by atoms with Crippen LogP contribution in [0.15, 0.2) is 6.07 Å². The molecule has 1 amide bonds. The van der Waals surface area contributed by atoms with Crippen LogP contribution < -0.4 is 0 Å². The molecule has 2 aliphatic rings. The first kappa shape index (κ1) is 14.7. The summed E-state index contributed by atoms with van der Waals surface area (Å²) in [5, 5.41) is 0. The molecule has 0 aromatic carbocycles. The van der Waals surface area contributed by atoms with Gasteiger partial charge >= 0.3 is 0 Å². The fourth-order valence-electron chi connectivity index (χ4n) is 2.82. The predicted molar refractivity (Wildman–Crippen MR) is 80.7 cm³/mol. The van der Waals surface area contributed by atoms with Gasteiger partial charge in [0.05, 0.1) is 21.3 Å². The highest BCUT2D eigenvalue weighted by Crippen LogP contribution is 2.35. The molecule has 0 bridgehead atoms. The number of thiophene rings is 1. The van der Waals surface area contributed by atoms with E-state index in [1.165, 1.54) is 11.3 Å². The molecule has 21 heavy (non-hydrogen) atoms. The first-order valence-electron chi connectivity index (χ1n) is 7.00. The molecule has 1 saturated carbocycles. The minimum Gasteiger partial charge on any atom is -0.331 e. The lowest BCUT2D eigenvalue weighted by Gasteiger charge is -2.27. The number of hydrogen-bond acceptors (Lipinski definition) is 5. The van der Waals surface area contributed by atoms with Crippen LogP contribution >= 0.6 is 11.3 Å². The van der Waals surface area contributed by atoms with Crippen LogP contribution in [-0.4, -0.2) is 49.1 Å². The van der Waals surface area contributed by atoms with Gasteiger partial charge in [-0.15, -0.1) is 11.3 Å². The smallest absolute Gasteiger partial charge is 0.264 e. The highest BCUT2D eigenvalue weighted by molar-refractivity contribution is 7.91. The van der Waals surface area contributed by atoms with E-state index in [0.29, 0.717) is 16.2 Å².